The number of rotatable bonds is 4. The van der Waals surface area contributed by atoms with Gasteiger partial charge in [-0.2, -0.15) is 5.10 Å². The molecule has 5 heteroatoms. The monoisotopic (exact) mass is 270 g/mol. The molecule has 5 nitrogen and oxygen atoms in total. The molecule has 3 heterocycles. The molecule has 3 aromatic rings. The number of hydrogen-bond donors (Lipinski definition) is 1. The van der Waals surface area contributed by atoms with Crippen LogP contribution >= 0.6 is 0 Å². The van der Waals surface area contributed by atoms with Crippen molar-refractivity contribution in [2.24, 2.45) is 0 Å². The third kappa shape index (κ3) is 2.44. The van der Waals surface area contributed by atoms with Gasteiger partial charge in [-0.25, -0.2) is 4.98 Å². The second-order valence-electron chi connectivity index (χ2n) is 5.23. The number of aromatic nitrogens is 4. The van der Waals surface area contributed by atoms with Crippen LogP contribution in [-0.2, 0) is 6.42 Å². The van der Waals surface area contributed by atoms with E-state index in [9.17, 15) is 5.11 Å². The Morgan fingerprint density at radius 3 is 2.75 bits per heavy atom. The molecule has 0 aliphatic carbocycles. The third-order valence-electron chi connectivity index (χ3n) is 3.32. The lowest BCUT2D eigenvalue weighted by atomic mass is 10.1. The number of pyridine rings is 1. The molecule has 0 radical (unpaired) electrons. The summed E-state index contributed by atoms with van der Waals surface area (Å²) >= 11 is 0. The SMILES string of the molecule is CC(C)n1ccc(CC(O)c2cn3ccccc3n2)n1. The third-order valence-corrected chi connectivity index (χ3v) is 3.32. The van der Waals surface area contributed by atoms with Crippen molar-refractivity contribution in [1.82, 2.24) is 19.2 Å². The predicted molar refractivity (Wildman–Crippen MR) is 76.5 cm³/mol. The first kappa shape index (κ1) is 12.9. The Balaban J connectivity index is 1.79. The molecule has 0 aromatic carbocycles. The number of aliphatic hydroxyl groups is 1. The molecule has 20 heavy (non-hydrogen) atoms. The summed E-state index contributed by atoms with van der Waals surface area (Å²) in [4.78, 5) is 4.43. The quantitative estimate of drug-likeness (QED) is 0.792. The summed E-state index contributed by atoms with van der Waals surface area (Å²) in [6.45, 7) is 4.16. The lowest BCUT2D eigenvalue weighted by molar-refractivity contribution is 0.172. The highest BCUT2D eigenvalue weighted by atomic mass is 16.3. The van der Waals surface area contributed by atoms with Crippen LogP contribution in [0.25, 0.3) is 5.65 Å². The van der Waals surface area contributed by atoms with E-state index < -0.39 is 6.10 Å². The van der Waals surface area contributed by atoms with Crippen LogP contribution in [0.3, 0.4) is 0 Å². The van der Waals surface area contributed by atoms with Crippen molar-refractivity contribution >= 4 is 5.65 Å². The van der Waals surface area contributed by atoms with Gasteiger partial charge in [-0.15, -0.1) is 0 Å². The minimum absolute atomic E-state index is 0.330. The summed E-state index contributed by atoms with van der Waals surface area (Å²) in [5.74, 6) is 0. The van der Waals surface area contributed by atoms with Gasteiger partial charge in [0.15, 0.2) is 0 Å². The molecule has 0 aliphatic heterocycles. The molecule has 1 N–H and O–H groups in total. The Kier molecular flexibility index (Phi) is 3.28. The maximum atomic E-state index is 10.3. The van der Waals surface area contributed by atoms with Gasteiger partial charge in [-0.1, -0.05) is 6.07 Å². The maximum Gasteiger partial charge on any atom is 0.137 e. The summed E-state index contributed by atoms with van der Waals surface area (Å²) in [6.07, 6.45) is 5.57. The van der Waals surface area contributed by atoms with Crippen LogP contribution in [0.1, 0.15) is 37.4 Å². The van der Waals surface area contributed by atoms with Gasteiger partial charge in [0, 0.05) is 31.1 Å². The van der Waals surface area contributed by atoms with Crippen molar-refractivity contribution < 1.29 is 5.11 Å². The predicted octanol–water partition coefficient (Wildman–Crippen LogP) is 2.39. The fraction of sp³-hybridized carbons (Fsp3) is 0.333. The average molecular weight is 270 g/mol. The van der Waals surface area contributed by atoms with Crippen LogP contribution in [0.2, 0.25) is 0 Å². The minimum atomic E-state index is -0.634. The molecule has 0 saturated carbocycles. The van der Waals surface area contributed by atoms with Crippen LogP contribution in [0.15, 0.2) is 42.9 Å². The normalized spacial score (nSPS) is 13.2. The molecule has 3 rings (SSSR count). The lowest BCUT2D eigenvalue weighted by Crippen LogP contribution is -2.05. The van der Waals surface area contributed by atoms with E-state index in [1.165, 1.54) is 0 Å². The van der Waals surface area contributed by atoms with Crippen LogP contribution in [0, 0.1) is 0 Å². The largest absolute Gasteiger partial charge is 0.386 e. The smallest absolute Gasteiger partial charge is 0.137 e. The molecule has 104 valence electrons. The maximum absolute atomic E-state index is 10.3. The van der Waals surface area contributed by atoms with E-state index in [1.807, 2.05) is 51.9 Å². The molecule has 0 saturated heterocycles. The summed E-state index contributed by atoms with van der Waals surface area (Å²) in [7, 11) is 0. The number of imidazole rings is 1. The molecule has 0 aliphatic rings. The molecule has 0 bridgehead atoms. The molecule has 0 amide bonds. The Labute approximate surface area is 117 Å². The number of nitrogens with zero attached hydrogens (tertiary/aromatic N) is 4. The van der Waals surface area contributed by atoms with Crippen molar-refractivity contribution in [3.05, 3.63) is 54.2 Å². The summed E-state index contributed by atoms with van der Waals surface area (Å²) in [5, 5.41) is 14.7. The second kappa shape index (κ2) is 5.09. The molecular formula is C15H18N4O. The van der Waals surface area contributed by atoms with Crippen LogP contribution in [-0.4, -0.2) is 24.3 Å². The van der Waals surface area contributed by atoms with E-state index in [4.69, 9.17) is 0 Å². The van der Waals surface area contributed by atoms with E-state index in [2.05, 4.69) is 23.9 Å². The van der Waals surface area contributed by atoms with Crippen molar-refractivity contribution in [3.63, 3.8) is 0 Å². The second-order valence-corrected chi connectivity index (χ2v) is 5.23. The number of hydrogen-bond acceptors (Lipinski definition) is 3. The first-order valence-electron chi connectivity index (χ1n) is 6.79. The molecule has 1 unspecified atom stereocenters. The van der Waals surface area contributed by atoms with Crippen LogP contribution < -0.4 is 0 Å². The van der Waals surface area contributed by atoms with Gasteiger partial charge in [0.2, 0.25) is 0 Å². The van der Waals surface area contributed by atoms with Crippen molar-refractivity contribution in [2.45, 2.75) is 32.4 Å². The van der Waals surface area contributed by atoms with Crippen molar-refractivity contribution in [3.8, 4) is 0 Å². The molecule has 1 atom stereocenters. The Morgan fingerprint density at radius 2 is 2.05 bits per heavy atom. The van der Waals surface area contributed by atoms with Gasteiger partial charge in [-0.3, -0.25) is 4.68 Å². The highest BCUT2D eigenvalue weighted by Gasteiger charge is 2.14. The fourth-order valence-electron chi connectivity index (χ4n) is 2.19. The molecule has 0 spiro atoms. The highest BCUT2D eigenvalue weighted by Crippen LogP contribution is 2.18. The van der Waals surface area contributed by atoms with E-state index >= 15 is 0 Å². The lowest BCUT2D eigenvalue weighted by Gasteiger charge is -2.06. The first-order chi connectivity index (χ1) is 9.63. The summed E-state index contributed by atoms with van der Waals surface area (Å²) < 4.78 is 3.80. The number of fused-ring (bicyclic) bond motifs is 1. The van der Waals surface area contributed by atoms with Gasteiger partial charge >= 0.3 is 0 Å². The van der Waals surface area contributed by atoms with Crippen molar-refractivity contribution in [2.75, 3.05) is 0 Å². The average Bonchev–Trinajstić information content (AvgIpc) is 3.04. The Morgan fingerprint density at radius 1 is 1.20 bits per heavy atom. The highest BCUT2D eigenvalue weighted by molar-refractivity contribution is 5.39. The first-order valence-corrected chi connectivity index (χ1v) is 6.79. The summed E-state index contributed by atoms with van der Waals surface area (Å²) in [5.41, 5.74) is 2.40. The van der Waals surface area contributed by atoms with Crippen LogP contribution in [0.5, 0.6) is 0 Å². The van der Waals surface area contributed by atoms with E-state index in [1.54, 1.807) is 0 Å². The molecular weight excluding hydrogens is 252 g/mol. The summed E-state index contributed by atoms with van der Waals surface area (Å²) in [6, 6.07) is 8.07. The topological polar surface area (TPSA) is 55.4 Å². The zero-order chi connectivity index (χ0) is 14.1. The van der Waals surface area contributed by atoms with E-state index in [0.29, 0.717) is 18.2 Å². The van der Waals surface area contributed by atoms with Gasteiger partial charge in [-0.05, 0) is 32.0 Å². The zero-order valence-electron chi connectivity index (χ0n) is 11.6. The van der Waals surface area contributed by atoms with Gasteiger partial charge in [0.1, 0.15) is 11.8 Å². The minimum Gasteiger partial charge on any atom is -0.386 e. The standard InChI is InChI=1S/C15H18N4O/c1-11(2)19-8-6-12(17-19)9-14(20)13-10-18-7-4-3-5-15(18)16-13/h3-8,10-11,14,20H,9H2,1-2H3. The van der Waals surface area contributed by atoms with E-state index in [-0.39, 0.29) is 0 Å². The van der Waals surface area contributed by atoms with Gasteiger partial charge in [0.25, 0.3) is 0 Å². The zero-order valence-corrected chi connectivity index (χ0v) is 11.6. The number of aliphatic hydroxyl groups excluding tert-OH is 1. The van der Waals surface area contributed by atoms with Crippen molar-refractivity contribution in [1.29, 1.82) is 0 Å². The van der Waals surface area contributed by atoms with Crippen LogP contribution in [0.4, 0.5) is 0 Å². The van der Waals surface area contributed by atoms with E-state index in [0.717, 1.165) is 11.3 Å². The Hall–Kier alpha value is -2.14. The van der Waals surface area contributed by atoms with Gasteiger partial charge < -0.3 is 9.51 Å². The fourth-order valence-corrected chi connectivity index (χ4v) is 2.19. The van der Waals surface area contributed by atoms with Gasteiger partial charge in [0.05, 0.1) is 11.4 Å². The molecule has 3 aromatic heterocycles. The molecule has 0 fully saturated rings. The Bertz CT molecular complexity index is 680.